The Morgan fingerprint density at radius 3 is 2.54 bits per heavy atom. The Morgan fingerprint density at radius 2 is 1.79 bits per heavy atom. The number of ether oxygens (including phenoxy) is 2. The molecule has 3 aromatic rings. The monoisotopic (exact) mass is 584 g/mol. The van der Waals surface area contributed by atoms with Gasteiger partial charge in [0.15, 0.2) is 0 Å². The number of nitrogens with one attached hydrogen (secondary N) is 1. The first-order valence-corrected chi connectivity index (χ1v) is 13.3. The van der Waals surface area contributed by atoms with Crippen LogP contribution in [0.2, 0.25) is 10.0 Å². The number of carbonyl (C=O) groups excluding carboxylic acids is 4. The summed E-state index contributed by atoms with van der Waals surface area (Å²) >= 11 is 12.7. The van der Waals surface area contributed by atoms with E-state index in [0.717, 1.165) is 22.2 Å². The van der Waals surface area contributed by atoms with Gasteiger partial charge < -0.3 is 14.8 Å². The molecule has 1 aliphatic rings. The van der Waals surface area contributed by atoms with E-state index >= 15 is 0 Å². The molecule has 39 heavy (non-hydrogen) atoms. The quantitative estimate of drug-likeness (QED) is 0.228. The molecule has 0 saturated carbocycles. The van der Waals surface area contributed by atoms with Crippen molar-refractivity contribution in [1.29, 1.82) is 0 Å². The third-order valence-corrected chi connectivity index (χ3v) is 6.88. The molecule has 3 amide bonds. The van der Waals surface area contributed by atoms with Gasteiger partial charge in [-0.1, -0.05) is 47.5 Å². The number of rotatable bonds is 9. The molecule has 1 N–H and O–H groups in total. The lowest BCUT2D eigenvalue weighted by Gasteiger charge is -2.13. The van der Waals surface area contributed by atoms with Crippen LogP contribution in [0.5, 0.6) is 5.75 Å². The van der Waals surface area contributed by atoms with Gasteiger partial charge in [-0.3, -0.25) is 19.3 Å². The van der Waals surface area contributed by atoms with Gasteiger partial charge in [-0.05, 0) is 78.4 Å². The lowest BCUT2D eigenvalue weighted by Crippen LogP contribution is -2.36. The van der Waals surface area contributed by atoms with Gasteiger partial charge in [0.25, 0.3) is 11.1 Å². The predicted octanol–water partition coefficient (Wildman–Crippen LogP) is 6.42. The summed E-state index contributed by atoms with van der Waals surface area (Å²) in [6, 6.07) is 18.7. The van der Waals surface area contributed by atoms with Crippen molar-refractivity contribution >= 4 is 69.8 Å². The van der Waals surface area contributed by atoms with E-state index in [1.54, 1.807) is 49.4 Å². The van der Waals surface area contributed by atoms with E-state index in [4.69, 9.17) is 32.7 Å². The molecular formula is C28H22Cl2N2O6S. The van der Waals surface area contributed by atoms with E-state index < -0.39 is 29.6 Å². The van der Waals surface area contributed by atoms with Gasteiger partial charge in [0.2, 0.25) is 5.91 Å². The number of anilines is 1. The molecule has 0 radical (unpaired) electrons. The molecule has 0 aromatic heterocycles. The average molecular weight is 585 g/mol. The Kier molecular flexibility index (Phi) is 9.29. The fourth-order valence-corrected chi connectivity index (χ4v) is 4.70. The smallest absolute Gasteiger partial charge is 0.339 e. The van der Waals surface area contributed by atoms with Crippen molar-refractivity contribution in [2.45, 2.75) is 13.5 Å². The summed E-state index contributed by atoms with van der Waals surface area (Å²) < 4.78 is 10.8. The summed E-state index contributed by atoms with van der Waals surface area (Å²) in [4.78, 5) is 51.1. The van der Waals surface area contributed by atoms with Crippen molar-refractivity contribution in [3.63, 3.8) is 0 Å². The average Bonchev–Trinajstić information content (AvgIpc) is 3.17. The van der Waals surface area contributed by atoms with Crippen LogP contribution in [-0.2, 0) is 20.9 Å². The number of carbonyl (C=O) groups is 4. The number of nitrogens with zero attached hydrogens (tertiary/aromatic N) is 1. The molecule has 0 unspecified atom stereocenters. The minimum atomic E-state index is -0.630. The number of hydrogen-bond acceptors (Lipinski definition) is 7. The molecule has 0 atom stereocenters. The summed E-state index contributed by atoms with van der Waals surface area (Å²) in [7, 11) is 0. The van der Waals surface area contributed by atoms with Crippen molar-refractivity contribution in [3.05, 3.63) is 98.4 Å². The maximum Gasteiger partial charge on any atom is 0.339 e. The fraction of sp³-hybridized carbons (Fsp3) is 0.143. The van der Waals surface area contributed by atoms with Gasteiger partial charge in [-0.25, -0.2) is 4.79 Å². The number of esters is 1. The zero-order chi connectivity index (χ0) is 27.9. The summed E-state index contributed by atoms with van der Waals surface area (Å²) in [5.41, 5.74) is 1.96. The molecular weight excluding hydrogens is 563 g/mol. The molecule has 8 nitrogen and oxygen atoms in total. The molecule has 11 heteroatoms. The molecule has 1 fully saturated rings. The SMILES string of the molecule is CCOC(=O)c1cc(NC(=O)CN2C(=O)S/C(=C/c3cccc(OCc4ccc(Cl)cc4)c3)C2=O)ccc1Cl. The molecule has 0 bridgehead atoms. The number of thioether (sulfide) groups is 1. The molecule has 3 aromatic carbocycles. The van der Waals surface area contributed by atoms with E-state index in [-0.39, 0.29) is 27.8 Å². The number of halogens is 2. The molecule has 1 aliphatic heterocycles. The Bertz CT molecular complexity index is 1460. The van der Waals surface area contributed by atoms with Crippen molar-refractivity contribution in [2.75, 3.05) is 18.5 Å². The highest BCUT2D eigenvalue weighted by Gasteiger charge is 2.36. The van der Waals surface area contributed by atoms with Crippen LogP contribution in [0.4, 0.5) is 10.5 Å². The first kappa shape index (κ1) is 28.2. The second kappa shape index (κ2) is 12.8. The lowest BCUT2D eigenvalue weighted by molar-refractivity contribution is -0.127. The molecule has 1 saturated heterocycles. The van der Waals surface area contributed by atoms with Crippen LogP contribution in [0.25, 0.3) is 6.08 Å². The minimum Gasteiger partial charge on any atom is -0.489 e. The normalized spacial score (nSPS) is 14.0. The zero-order valence-electron chi connectivity index (χ0n) is 20.6. The first-order valence-electron chi connectivity index (χ1n) is 11.7. The maximum absolute atomic E-state index is 12.9. The third-order valence-electron chi connectivity index (χ3n) is 5.40. The summed E-state index contributed by atoms with van der Waals surface area (Å²) in [5, 5.41) is 2.81. The Balaban J connectivity index is 1.39. The maximum atomic E-state index is 12.9. The van der Waals surface area contributed by atoms with E-state index in [9.17, 15) is 19.2 Å². The van der Waals surface area contributed by atoms with Gasteiger partial charge in [0.05, 0.1) is 22.1 Å². The minimum absolute atomic E-state index is 0.0878. The predicted molar refractivity (Wildman–Crippen MR) is 151 cm³/mol. The van der Waals surface area contributed by atoms with Crippen LogP contribution in [-0.4, -0.2) is 41.1 Å². The first-order chi connectivity index (χ1) is 18.7. The molecule has 200 valence electrons. The van der Waals surface area contributed by atoms with E-state index in [1.807, 2.05) is 12.1 Å². The van der Waals surface area contributed by atoms with Crippen molar-refractivity contribution in [3.8, 4) is 5.75 Å². The standard InChI is InChI=1S/C28H22Cl2N2O6S/c1-2-37-27(35)22-14-20(10-11-23(22)30)31-25(33)15-32-26(34)24(39-28(32)36)13-18-4-3-5-21(12-18)38-16-17-6-8-19(29)9-7-17/h3-14H,2,15-16H2,1H3,(H,31,33)/b24-13+. The van der Waals surface area contributed by atoms with Gasteiger partial charge in [-0.2, -0.15) is 0 Å². The number of hydrogen-bond donors (Lipinski definition) is 1. The topological polar surface area (TPSA) is 102 Å². The van der Waals surface area contributed by atoms with Crippen LogP contribution in [0.1, 0.15) is 28.4 Å². The molecule has 0 spiro atoms. The summed E-state index contributed by atoms with van der Waals surface area (Å²) in [6.45, 7) is 1.67. The molecule has 1 heterocycles. The van der Waals surface area contributed by atoms with Gasteiger partial charge in [0.1, 0.15) is 18.9 Å². The van der Waals surface area contributed by atoms with Gasteiger partial charge in [0, 0.05) is 10.7 Å². The number of imide groups is 1. The van der Waals surface area contributed by atoms with Crippen molar-refractivity contribution < 1.29 is 28.7 Å². The van der Waals surface area contributed by atoms with E-state index in [0.29, 0.717) is 22.9 Å². The highest BCUT2D eigenvalue weighted by molar-refractivity contribution is 8.18. The Labute approximate surface area is 238 Å². The molecule has 0 aliphatic carbocycles. The van der Waals surface area contributed by atoms with Gasteiger partial charge >= 0.3 is 5.97 Å². The van der Waals surface area contributed by atoms with Gasteiger partial charge in [-0.15, -0.1) is 0 Å². The van der Waals surface area contributed by atoms with Crippen molar-refractivity contribution in [2.24, 2.45) is 0 Å². The van der Waals surface area contributed by atoms with E-state index in [2.05, 4.69) is 5.32 Å². The third kappa shape index (κ3) is 7.41. The van der Waals surface area contributed by atoms with Crippen molar-refractivity contribution in [1.82, 2.24) is 4.90 Å². The number of benzene rings is 3. The van der Waals surface area contributed by atoms with Crippen LogP contribution in [0.15, 0.2) is 71.6 Å². The van der Waals surface area contributed by atoms with Crippen LogP contribution in [0.3, 0.4) is 0 Å². The lowest BCUT2D eigenvalue weighted by atomic mass is 10.2. The summed E-state index contributed by atoms with van der Waals surface area (Å²) in [5.74, 6) is -1.25. The Hall–Kier alpha value is -3.79. The van der Waals surface area contributed by atoms with Crippen LogP contribution >= 0.6 is 35.0 Å². The molecule has 4 rings (SSSR count). The van der Waals surface area contributed by atoms with Crippen LogP contribution in [0, 0.1) is 0 Å². The second-order valence-corrected chi connectivity index (χ2v) is 10.1. The number of amides is 3. The zero-order valence-corrected chi connectivity index (χ0v) is 22.9. The van der Waals surface area contributed by atoms with Crippen LogP contribution < -0.4 is 10.1 Å². The highest BCUT2D eigenvalue weighted by Crippen LogP contribution is 2.33. The summed E-state index contributed by atoms with van der Waals surface area (Å²) in [6.07, 6.45) is 1.57. The second-order valence-electron chi connectivity index (χ2n) is 8.22. The van der Waals surface area contributed by atoms with E-state index in [1.165, 1.54) is 18.2 Å². The fourth-order valence-electron chi connectivity index (χ4n) is 3.54. The highest BCUT2D eigenvalue weighted by atomic mass is 35.5. The Morgan fingerprint density at radius 1 is 1.03 bits per heavy atom. The largest absolute Gasteiger partial charge is 0.489 e.